The van der Waals surface area contributed by atoms with E-state index in [1.807, 2.05) is 0 Å². The van der Waals surface area contributed by atoms with E-state index in [1.165, 1.54) is 19.5 Å². The van der Waals surface area contributed by atoms with Gasteiger partial charge in [-0.15, -0.1) is 0 Å². The van der Waals surface area contributed by atoms with Crippen molar-refractivity contribution in [3.8, 4) is 0 Å². The van der Waals surface area contributed by atoms with Gasteiger partial charge in [-0.3, -0.25) is 4.99 Å². The van der Waals surface area contributed by atoms with Crippen LogP contribution in [-0.4, -0.2) is 31.8 Å². The van der Waals surface area contributed by atoms with Crippen molar-refractivity contribution >= 4 is 6.72 Å². The van der Waals surface area contributed by atoms with Crippen LogP contribution in [0.5, 0.6) is 0 Å². The molecule has 0 fully saturated rings. The molecule has 0 atom stereocenters. The second-order valence-corrected chi connectivity index (χ2v) is 2.66. The predicted octanol–water partition coefficient (Wildman–Crippen LogP) is 2.73. The van der Waals surface area contributed by atoms with Crippen molar-refractivity contribution in [2.24, 2.45) is 4.99 Å². The minimum absolute atomic E-state index is 1.17. The average Bonchev–Trinajstić information content (AvgIpc) is 2.16. The molecule has 0 aromatic carbocycles. The van der Waals surface area contributed by atoms with Crippen molar-refractivity contribution in [1.29, 1.82) is 0 Å². The number of rotatable bonds is 5. The van der Waals surface area contributed by atoms with Crippen LogP contribution in [0.4, 0.5) is 0 Å². The molecule has 0 radical (unpaired) electrons. The summed E-state index contributed by atoms with van der Waals surface area (Å²) >= 11 is 0. The molecule has 76 valence electrons. The predicted molar refractivity (Wildman–Crippen MR) is 62.3 cm³/mol. The van der Waals surface area contributed by atoms with Gasteiger partial charge in [0.05, 0.1) is 0 Å². The van der Waals surface area contributed by atoms with Gasteiger partial charge in [0.15, 0.2) is 0 Å². The topological polar surface area (TPSA) is 15.6 Å². The van der Waals surface area contributed by atoms with Crippen LogP contribution in [0.2, 0.25) is 0 Å². The summed E-state index contributed by atoms with van der Waals surface area (Å²) < 4.78 is 0. The Morgan fingerprint density at radius 1 is 1.38 bits per heavy atom. The molecule has 0 heterocycles. The summed E-state index contributed by atoms with van der Waals surface area (Å²) in [5, 5.41) is 0. The Morgan fingerprint density at radius 3 is 2.15 bits per heavy atom. The zero-order chi connectivity index (χ0) is 10.5. The van der Waals surface area contributed by atoms with E-state index in [0.717, 1.165) is 0 Å². The van der Waals surface area contributed by atoms with Crippen molar-refractivity contribution in [2.75, 3.05) is 20.1 Å². The molecule has 2 heteroatoms. The van der Waals surface area contributed by atoms with Gasteiger partial charge >= 0.3 is 0 Å². The molecule has 2 nitrogen and oxygen atoms in total. The van der Waals surface area contributed by atoms with E-state index in [2.05, 4.69) is 44.1 Å². The molecule has 0 unspecified atom stereocenters. The highest BCUT2D eigenvalue weighted by molar-refractivity contribution is 5.25. The Balaban J connectivity index is 0. The molecule has 0 saturated heterocycles. The summed E-state index contributed by atoms with van der Waals surface area (Å²) in [7, 11) is 2.14. The summed E-state index contributed by atoms with van der Waals surface area (Å²) in [5.41, 5.74) is 0. The van der Waals surface area contributed by atoms with Gasteiger partial charge in [0.1, 0.15) is 0 Å². The van der Waals surface area contributed by atoms with E-state index in [1.54, 1.807) is 18.4 Å². The van der Waals surface area contributed by atoms with Crippen molar-refractivity contribution in [3.63, 3.8) is 0 Å². The van der Waals surface area contributed by atoms with Crippen LogP contribution in [0.1, 0.15) is 20.3 Å². The first-order valence-corrected chi connectivity index (χ1v) is 4.64. The van der Waals surface area contributed by atoms with Crippen LogP contribution < -0.4 is 0 Å². The molecule has 0 amide bonds. The van der Waals surface area contributed by atoms with Gasteiger partial charge < -0.3 is 4.90 Å². The summed E-state index contributed by atoms with van der Waals surface area (Å²) in [6, 6.07) is 0. The SMILES string of the molecule is C=C/C=C\N=C.CCCN(C)CC. The molecule has 0 saturated carbocycles. The smallest absolute Gasteiger partial charge is 0.0260 e. The molecular formula is C11H22N2. The molecule has 0 bridgehead atoms. The first kappa shape index (κ1) is 14.6. The van der Waals surface area contributed by atoms with Gasteiger partial charge in [0.2, 0.25) is 0 Å². The first-order valence-electron chi connectivity index (χ1n) is 4.64. The van der Waals surface area contributed by atoms with Crippen LogP contribution in [0.15, 0.2) is 29.9 Å². The lowest BCUT2D eigenvalue weighted by Gasteiger charge is -2.10. The lowest BCUT2D eigenvalue weighted by molar-refractivity contribution is 0.353. The summed E-state index contributed by atoms with van der Waals surface area (Å²) in [5.74, 6) is 0. The monoisotopic (exact) mass is 182 g/mol. The highest BCUT2D eigenvalue weighted by Crippen LogP contribution is 1.82. The normalized spacial score (nSPS) is 9.54. The van der Waals surface area contributed by atoms with Gasteiger partial charge in [0.25, 0.3) is 0 Å². The fourth-order valence-corrected chi connectivity index (χ4v) is 0.662. The number of nitrogens with zero attached hydrogens (tertiary/aromatic N) is 2. The van der Waals surface area contributed by atoms with Crippen molar-refractivity contribution in [3.05, 3.63) is 24.9 Å². The van der Waals surface area contributed by atoms with Gasteiger partial charge in [-0.2, -0.15) is 0 Å². The van der Waals surface area contributed by atoms with E-state index in [4.69, 9.17) is 0 Å². The highest BCUT2D eigenvalue weighted by Gasteiger charge is 1.86. The second kappa shape index (κ2) is 13.7. The largest absolute Gasteiger partial charge is 0.307 e. The van der Waals surface area contributed by atoms with Crippen molar-refractivity contribution < 1.29 is 0 Å². The minimum atomic E-state index is 1.17. The summed E-state index contributed by atoms with van der Waals surface area (Å²) in [6.07, 6.45) is 6.21. The maximum absolute atomic E-state index is 3.42. The zero-order valence-electron chi connectivity index (χ0n) is 9.16. The minimum Gasteiger partial charge on any atom is -0.307 e. The highest BCUT2D eigenvalue weighted by atomic mass is 15.1. The first-order chi connectivity index (χ1) is 6.22. The van der Waals surface area contributed by atoms with Crippen LogP contribution in [0, 0.1) is 0 Å². The molecular weight excluding hydrogens is 160 g/mol. The van der Waals surface area contributed by atoms with Gasteiger partial charge in [-0.25, -0.2) is 0 Å². The van der Waals surface area contributed by atoms with Crippen LogP contribution in [0.25, 0.3) is 0 Å². The van der Waals surface area contributed by atoms with Gasteiger partial charge in [-0.1, -0.05) is 26.5 Å². The van der Waals surface area contributed by atoms with Crippen molar-refractivity contribution in [1.82, 2.24) is 4.90 Å². The number of hydrogen-bond acceptors (Lipinski definition) is 2. The molecule has 0 aromatic heterocycles. The molecule has 0 aliphatic rings. The molecule has 0 aromatic rings. The fraction of sp³-hybridized carbons (Fsp3) is 0.545. The number of hydrogen-bond donors (Lipinski definition) is 0. The third kappa shape index (κ3) is 18.2. The molecule has 0 spiro atoms. The van der Waals surface area contributed by atoms with E-state index < -0.39 is 0 Å². The molecule has 13 heavy (non-hydrogen) atoms. The maximum atomic E-state index is 3.42. The molecule has 0 rings (SSSR count). The van der Waals surface area contributed by atoms with E-state index in [0.29, 0.717) is 0 Å². The summed E-state index contributed by atoms with van der Waals surface area (Å²) in [6.45, 7) is 13.4. The number of allylic oxidation sites excluding steroid dienone is 2. The lowest BCUT2D eigenvalue weighted by atomic mass is 10.4. The van der Waals surface area contributed by atoms with Gasteiger partial charge in [-0.05, 0) is 39.4 Å². The van der Waals surface area contributed by atoms with Crippen LogP contribution >= 0.6 is 0 Å². The standard InChI is InChI=1S/C6H15N.C5H7N/c1-4-6-7(3)5-2;1-3-4-5-6-2/h4-6H2,1-3H3;3-5H,1-2H2/b;5-4-. The Hall–Kier alpha value is -0.890. The fourth-order valence-electron chi connectivity index (χ4n) is 0.662. The van der Waals surface area contributed by atoms with Crippen LogP contribution in [0.3, 0.4) is 0 Å². The maximum Gasteiger partial charge on any atom is 0.0260 e. The third-order valence-corrected chi connectivity index (χ3v) is 1.47. The molecule has 0 N–H and O–H groups in total. The zero-order valence-corrected chi connectivity index (χ0v) is 9.16. The third-order valence-electron chi connectivity index (χ3n) is 1.47. The molecule has 0 aliphatic heterocycles. The molecule has 0 aliphatic carbocycles. The quantitative estimate of drug-likeness (QED) is 0.471. The summed E-state index contributed by atoms with van der Waals surface area (Å²) in [4.78, 5) is 5.73. The van der Waals surface area contributed by atoms with E-state index >= 15 is 0 Å². The lowest BCUT2D eigenvalue weighted by Crippen LogP contribution is -2.17. The number of aliphatic imine (C=N–C) groups is 1. The van der Waals surface area contributed by atoms with E-state index in [-0.39, 0.29) is 0 Å². The second-order valence-electron chi connectivity index (χ2n) is 2.66. The average molecular weight is 182 g/mol. The Morgan fingerprint density at radius 2 is 2.00 bits per heavy atom. The Kier molecular flexibility index (Phi) is 15.4. The van der Waals surface area contributed by atoms with Crippen LogP contribution in [-0.2, 0) is 0 Å². The van der Waals surface area contributed by atoms with E-state index in [9.17, 15) is 0 Å². The van der Waals surface area contributed by atoms with Gasteiger partial charge in [0, 0.05) is 6.20 Å². The Labute approximate surface area is 82.7 Å². The van der Waals surface area contributed by atoms with Crippen molar-refractivity contribution in [2.45, 2.75) is 20.3 Å². The Bertz CT molecular complexity index is 129.